The average Bonchev–Trinajstić information content (AvgIpc) is 3.66. The van der Waals surface area contributed by atoms with Crippen LogP contribution in [0.2, 0.25) is 0 Å². The highest BCUT2D eigenvalue weighted by molar-refractivity contribution is 5.94. The number of rotatable bonds is 5. The van der Waals surface area contributed by atoms with E-state index in [1.54, 1.807) is 24.0 Å². The van der Waals surface area contributed by atoms with Crippen molar-refractivity contribution in [3.8, 4) is 0 Å². The molecule has 0 aliphatic carbocycles. The molecule has 0 bridgehead atoms. The lowest BCUT2D eigenvalue weighted by Crippen LogP contribution is -2.35. The lowest BCUT2D eigenvalue weighted by molar-refractivity contribution is 0.0792. The molecule has 0 spiro atoms. The van der Waals surface area contributed by atoms with Gasteiger partial charge < -0.3 is 18.9 Å². The number of fused-ring (bicyclic) bond motifs is 1. The summed E-state index contributed by atoms with van der Waals surface area (Å²) in [5.74, 6) is 0.00294. The van der Waals surface area contributed by atoms with Crippen LogP contribution < -0.4 is 4.90 Å². The van der Waals surface area contributed by atoms with Gasteiger partial charge in [0.15, 0.2) is 5.82 Å². The number of piperidine rings is 1. The van der Waals surface area contributed by atoms with E-state index in [2.05, 4.69) is 25.0 Å². The van der Waals surface area contributed by atoms with E-state index < -0.39 is 11.6 Å². The van der Waals surface area contributed by atoms with Crippen LogP contribution in [0.3, 0.4) is 0 Å². The van der Waals surface area contributed by atoms with E-state index in [0.29, 0.717) is 65.9 Å². The summed E-state index contributed by atoms with van der Waals surface area (Å²) >= 11 is 0. The van der Waals surface area contributed by atoms with E-state index in [1.165, 1.54) is 18.6 Å². The van der Waals surface area contributed by atoms with Crippen LogP contribution in [0.1, 0.15) is 59.2 Å². The number of carbonyl (C=O) groups excluding carboxylic acids is 1. The van der Waals surface area contributed by atoms with E-state index >= 15 is 8.78 Å². The molecule has 0 atom stereocenters. The smallest absolute Gasteiger partial charge is 0.266 e. The molecule has 3 aromatic heterocycles. The van der Waals surface area contributed by atoms with Crippen LogP contribution in [0, 0.1) is 18.6 Å². The first kappa shape index (κ1) is 23.5. The van der Waals surface area contributed by atoms with Crippen LogP contribution in [0.25, 0.3) is 11.0 Å². The summed E-state index contributed by atoms with van der Waals surface area (Å²) in [7, 11) is 0. The van der Waals surface area contributed by atoms with E-state index in [9.17, 15) is 4.79 Å². The molecule has 0 saturated carbocycles. The van der Waals surface area contributed by atoms with Crippen molar-refractivity contribution in [2.75, 3.05) is 31.1 Å². The molecule has 1 aromatic carbocycles. The maximum atomic E-state index is 15.2. The Hall–Kier alpha value is -3.89. The van der Waals surface area contributed by atoms with Crippen molar-refractivity contribution in [2.45, 2.75) is 45.1 Å². The molecule has 4 aromatic rings. The second kappa shape index (κ2) is 9.53. The number of amides is 1. The summed E-state index contributed by atoms with van der Waals surface area (Å²) in [5, 5.41) is 4.29. The third kappa shape index (κ3) is 4.42. The predicted octanol–water partition coefficient (Wildman–Crippen LogP) is 4.07. The van der Waals surface area contributed by atoms with E-state index in [0.717, 1.165) is 25.7 Å². The van der Waals surface area contributed by atoms with Crippen molar-refractivity contribution >= 4 is 22.9 Å². The molecule has 5 heterocycles. The van der Waals surface area contributed by atoms with Crippen molar-refractivity contribution in [2.24, 2.45) is 0 Å². The number of halogens is 2. The number of hydrogen-bond donors (Lipinski definition) is 0. The zero-order valence-corrected chi connectivity index (χ0v) is 20.5. The molecule has 2 saturated heterocycles. The van der Waals surface area contributed by atoms with Gasteiger partial charge in [-0.15, -0.1) is 0 Å². The Morgan fingerprint density at radius 3 is 2.57 bits per heavy atom. The summed E-state index contributed by atoms with van der Waals surface area (Å²) in [4.78, 5) is 29.4. The third-order valence-corrected chi connectivity index (χ3v) is 7.35. The van der Waals surface area contributed by atoms with Gasteiger partial charge in [-0.2, -0.15) is 4.98 Å². The summed E-state index contributed by atoms with van der Waals surface area (Å²) in [6.07, 6.45) is 6.43. The highest BCUT2D eigenvalue weighted by Crippen LogP contribution is 2.31. The Bertz CT molecular complexity index is 1450. The fraction of sp³-hybridized carbons (Fsp3) is 0.423. The molecule has 192 valence electrons. The second-order valence-electron chi connectivity index (χ2n) is 9.72. The molecule has 11 heteroatoms. The normalized spacial score (nSPS) is 16.7. The number of benzene rings is 1. The van der Waals surface area contributed by atoms with Gasteiger partial charge in [0, 0.05) is 57.3 Å². The first-order valence-corrected chi connectivity index (χ1v) is 12.6. The van der Waals surface area contributed by atoms with Crippen LogP contribution in [-0.4, -0.2) is 61.7 Å². The Morgan fingerprint density at radius 1 is 1.08 bits per heavy atom. The van der Waals surface area contributed by atoms with Crippen LogP contribution >= 0.6 is 0 Å². The Labute approximate surface area is 212 Å². The van der Waals surface area contributed by atoms with E-state index in [4.69, 9.17) is 4.52 Å². The number of carbonyl (C=O) groups is 1. The van der Waals surface area contributed by atoms with Crippen LogP contribution in [0.5, 0.6) is 0 Å². The molecule has 9 nitrogen and oxygen atoms in total. The van der Waals surface area contributed by atoms with Gasteiger partial charge in [0.25, 0.3) is 11.9 Å². The van der Waals surface area contributed by atoms with Gasteiger partial charge in [0.1, 0.15) is 17.8 Å². The van der Waals surface area contributed by atoms with Gasteiger partial charge in [0.05, 0.1) is 11.1 Å². The quantitative estimate of drug-likeness (QED) is 0.402. The summed E-state index contributed by atoms with van der Waals surface area (Å²) in [5.41, 5.74) is 1.60. The second-order valence-corrected chi connectivity index (χ2v) is 9.72. The van der Waals surface area contributed by atoms with E-state index in [-0.39, 0.29) is 18.4 Å². The maximum absolute atomic E-state index is 15.2. The van der Waals surface area contributed by atoms with Crippen molar-refractivity contribution in [3.63, 3.8) is 0 Å². The lowest BCUT2D eigenvalue weighted by Gasteiger charge is -2.31. The summed E-state index contributed by atoms with van der Waals surface area (Å²) in [6, 6.07) is 4.55. The number of aromatic nitrogens is 5. The van der Waals surface area contributed by atoms with Gasteiger partial charge in [0.2, 0.25) is 5.89 Å². The molecule has 0 radical (unpaired) electrons. The molecule has 1 amide bonds. The van der Waals surface area contributed by atoms with Crippen molar-refractivity contribution in [1.29, 1.82) is 0 Å². The Kier molecular flexibility index (Phi) is 6.05. The Morgan fingerprint density at radius 2 is 1.86 bits per heavy atom. The van der Waals surface area contributed by atoms with Gasteiger partial charge in [-0.25, -0.2) is 18.7 Å². The molecule has 2 aliphatic rings. The standard InChI is InChI=1S/C26H27F2N7O2/c1-16-31-26(32-37-16)34-10-6-19(7-11-34)35-14-21(28)23-22(29-15-30-24(23)35)13-17-4-5-18(12-20(17)27)25(36)33-8-2-3-9-33/h4-5,12,14-15,19H,2-3,6-11,13H2,1H3. The fourth-order valence-corrected chi connectivity index (χ4v) is 5.38. The molecular weight excluding hydrogens is 480 g/mol. The largest absolute Gasteiger partial charge is 0.339 e. The summed E-state index contributed by atoms with van der Waals surface area (Å²) in [6.45, 7) is 4.57. The topological polar surface area (TPSA) is 93.2 Å². The number of hydrogen-bond acceptors (Lipinski definition) is 7. The van der Waals surface area contributed by atoms with Gasteiger partial charge >= 0.3 is 0 Å². The molecule has 2 fully saturated rings. The van der Waals surface area contributed by atoms with E-state index in [1.807, 2.05) is 4.57 Å². The minimum absolute atomic E-state index is 0.0478. The number of aryl methyl sites for hydroxylation is 1. The monoisotopic (exact) mass is 507 g/mol. The molecular formula is C26H27F2N7O2. The maximum Gasteiger partial charge on any atom is 0.266 e. The number of likely N-dealkylation sites (tertiary alicyclic amines) is 1. The van der Waals surface area contributed by atoms with Crippen LogP contribution in [0.15, 0.2) is 35.2 Å². The average molecular weight is 508 g/mol. The fourth-order valence-electron chi connectivity index (χ4n) is 5.38. The molecule has 2 aliphatic heterocycles. The predicted molar refractivity (Wildman–Crippen MR) is 131 cm³/mol. The van der Waals surface area contributed by atoms with Crippen molar-refractivity contribution < 1.29 is 18.1 Å². The number of anilines is 1. The Balaban J connectivity index is 1.22. The van der Waals surface area contributed by atoms with Gasteiger partial charge in [-0.05, 0) is 48.5 Å². The minimum Gasteiger partial charge on any atom is -0.339 e. The first-order valence-electron chi connectivity index (χ1n) is 12.6. The van der Waals surface area contributed by atoms with Gasteiger partial charge in [-0.3, -0.25) is 4.79 Å². The molecule has 37 heavy (non-hydrogen) atoms. The SMILES string of the molecule is Cc1nc(N2CCC(n3cc(F)c4c(Cc5ccc(C(=O)N6CCCC6)cc5F)ncnc43)CC2)no1. The summed E-state index contributed by atoms with van der Waals surface area (Å²) < 4.78 is 37.2. The third-order valence-electron chi connectivity index (χ3n) is 7.35. The lowest BCUT2D eigenvalue weighted by atomic mass is 10.0. The molecule has 6 rings (SSSR count). The first-order chi connectivity index (χ1) is 18.0. The van der Waals surface area contributed by atoms with Crippen molar-refractivity contribution in [3.05, 3.63) is 65.1 Å². The van der Waals surface area contributed by atoms with Crippen LogP contribution in [-0.2, 0) is 6.42 Å². The highest BCUT2D eigenvalue weighted by atomic mass is 19.1. The zero-order valence-electron chi connectivity index (χ0n) is 20.5. The van der Waals surface area contributed by atoms with Crippen LogP contribution in [0.4, 0.5) is 14.7 Å². The van der Waals surface area contributed by atoms with Crippen molar-refractivity contribution in [1.82, 2.24) is 29.6 Å². The van der Waals surface area contributed by atoms with Gasteiger partial charge in [-0.1, -0.05) is 6.07 Å². The zero-order chi connectivity index (χ0) is 25.5. The minimum atomic E-state index is -0.499. The number of nitrogens with zero attached hydrogens (tertiary/aromatic N) is 7. The highest BCUT2D eigenvalue weighted by Gasteiger charge is 2.27. The molecule has 0 unspecified atom stereocenters. The molecule has 0 N–H and O–H groups in total.